The highest BCUT2D eigenvalue weighted by Crippen LogP contribution is 2.34. The molecule has 1 N–H and O–H groups in total. The Hall–Kier alpha value is -2.64. The van der Waals surface area contributed by atoms with Crippen LogP contribution in [0.5, 0.6) is 0 Å². The van der Waals surface area contributed by atoms with Crippen LogP contribution >= 0.6 is 0 Å². The summed E-state index contributed by atoms with van der Waals surface area (Å²) in [5.41, 5.74) is 0.511. The maximum absolute atomic E-state index is 12.5. The van der Waals surface area contributed by atoms with Crippen molar-refractivity contribution in [3.8, 4) is 0 Å². The first kappa shape index (κ1) is 19.7. The van der Waals surface area contributed by atoms with Crippen molar-refractivity contribution in [1.29, 1.82) is 0 Å². The Morgan fingerprint density at radius 3 is 2.42 bits per heavy atom. The minimum Gasteiger partial charge on any atom is -0.480 e. The van der Waals surface area contributed by atoms with Crippen LogP contribution in [0.15, 0.2) is 18.2 Å². The molecular weight excluding hydrogens is 338 g/mol. The third-order valence-corrected chi connectivity index (χ3v) is 4.62. The first-order valence-electron chi connectivity index (χ1n) is 8.77. The van der Waals surface area contributed by atoms with Gasteiger partial charge in [-0.3, -0.25) is 19.7 Å². The van der Waals surface area contributed by atoms with Crippen molar-refractivity contribution in [3.63, 3.8) is 0 Å². The van der Waals surface area contributed by atoms with Crippen LogP contribution in [-0.2, 0) is 4.79 Å². The number of nitro benzene ring substituents is 1. The number of aliphatic carboxylic acids is 1. The van der Waals surface area contributed by atoms with E-state index in [1.54, 1.807) is 19.1 Å². The lowest BCUT2D eigenvalue weighted by molar-refractivity contribution is -0.384. The molecule has 0 radical (unpaired) electrons. The molecule has 0 aliphatic carbocycles. The van der Waals surface area contributed by atoms with Gasteiger partial charge in [0.15, 0.2) is 0 Å². The number of carboxylic acid groups (broad SMARTS) is 1. The zero-order chi connectivity index (χ0) is 19.4. The molecule has 8 nitrogen and oxygen atoms in total. The Morgan fingerprint density at radius 1 is 1.31 bits per heavy atom. The van der Waals surface area contributed by atoms with Crippen LogP contribution in [0.25, 0.3) is 0 Å². The number of carbonyl (C=O) groups excluding carboxylic acids is 1. The third kappa shape index (κ3) is 4.50. The van der Waals surface area contributed by atoms with Crippen LogP contribution in [-0.4, -0.2) is 53.0 Å². The van der Waals surface area contributed by atoms with Crippen molar-refractivity contribution in [3.05, 3.63) is 33.9 Å². The van der Waals surface area contributed by atoms with Crippen LogP contribution in [0.1, 0.15) is 37.6 Å². The van der Waals surface area contributed by atoms with E-state index in [9.17, 15) is 19.7 Å². The number of carbonyl (C=O) groups is 2. The third-order valence-electron chi connectivity index (χ3n) is 4.62. The smallest absolute Gasteiger partial charge is 0.323 e. The van der Waals surface area contributed by atoms with Gasteiger partial charge in [0.05, 0.1) is 4.92 Å². The molecular formula is C18H25N3O5. The number of benzene rings is 1. The van der Waals surface area contributed by atoms with Gasteiger partial charge in [0.2, 0.25) is 0 Å². The van der Waals surface area contributed by atoms with Gasteiger partial charge in [0, 0.05) is 31.3 Å². The fraction of sp³-hybridized carbons (Fsp3) is 0.556. The van der Waals surface area contributed by atoms with Gasteiger partial charge < -0.3 is 14.9 Å². The SMILES string of the molecule is CCN(CC(=O)O)C(=O)c1ccc(N2CC(C)CC(C)C2)c([N+](=O)[O-])c1. The average Bonchev–Trinajstić information content (AvgIpc) is 2.57. The van der Waals surface area contributed by atoms with Crippen molar-refractivity contribution < 1.29 is 19.6 Å². The number of piperidine rings is 1. The summed E-state index contributed by atoms with van der Waals surface area (Å²) in [7, 11) is 0. The Kier molecular flexibility index (Phi) is 6.18. The molecule has 8 heteroatoms. The van der Waals surface area contributed by atoms with E-state index < -0.39 is 23.3 Å². The van der Waals surface area contributed by atoms with E-state index in [1.165, 1.54) is 6.07 Å². The van der Waals surface area contributed by atoms with Crippen LogP contribution in [0.3, 0.4) is 0 Å². The summed E-state index contributed by atoms with van der Waals surface area (Å²) in [6.45, 7) is 7.15. The van der Waals surface area contributed by atoms with Crippen LogP contribution < -0.4 is 4.90 Å². The molecule has 26 heavy (non-hydrogen) atoms. The summed E-state index contributed by atoms with van der Waals surface area (Å²) in [5.74, 6) is -0.774. The van der Waals surface area contributed by atoms with Gasteiger partial charge in [0.25, 0.3) is 11.6 Å². The van der Waals surface area contributed by atoms with Gasteiger partial charge in [-0.05, 0) is 37.3 Å². The average molecular weight is 363 g/mol. The second kappa shape index (κ2) is 8.16. The minimum atomic E-state index is -1.12. The Morgan fingerprint density at radius 2 is 1.92 bits per heavy atom. The van der Waals surface area contributed by atoms with E-state index in [0.29, 0.717) is 17.5 Å². The van der Waals surface area contributed by atoms with Crippen molar-refractivity contribution in [2.75, 3.05) is 31.1 Å². The zero-order valence-corrected chi connectivity index (χ0v) is 15.3. The van der Waals surface area contributed by atoms with Crippen LogP contribution in [0, 0.1) is 22.0 Å². The van der Waals surface area contributed by atoms with E-state index in [-0.39, 0.29) is 17.8 Å². The standard InChI is InChI=1S/C18H25N3O5/c1-4-19(11-17(22)23)18(24)14-5-6-15(16(8-14)21(25)26)20-9-12(2)7-13(3)10-20/h5-6,8,12-13H,4,7,9-11H2,1-3H3,(H,22,23). The van der Waals surface area contributed by atoms with Crippen molar-refractivity contribution in [2.24, 2.45) is 11.8 Å². The largest absolute Gasteiger partial charge is 0.480 e. The first-order chi connectivity index (χ1) is 12.2. The Bertz CT molecular complexity index is 696. The number of hydrogen-bond acceptors (Lipinski definition) is 5. The number of nitro groups is 1. The summed E-state index contributed by atoms with van der Waals surface area (Å²) < 4.78 is 0. The molecule has 1 heterocycles. The minimum absolute atomic E-state index is 0.122. The molecule has 1 aliphatic rings. The summed E-state index contributed by atoms with van der Waals surface area (Å²) in [4.78, 5) is 37.6. The highest BCUT2D eigenvalue weighted by Gasteiger charge is 2.28. The molecule has 2 unspecified atom stereocenters. The van der Waals surface area contributed by atoms with Crippen LogP contribution in [0.2, 0.25) is 0 Å². The van der Waals surface area contributed by atoms with Gasteiger partial charge in [-0.25, -0.2) is 0 Å². The maximum atomic E-state index is 12.5. The number of carboxylic acids is 1. The second-order valence-electron chi connectivity index (χ2n) is 7.02. The molecule has 1 saturated heterocycles. The molecule has 1 amide bonds. The summed E-state index contributed by atoms with van der Waals surface area (Å²) in [6.07, 6.45) is 1.08. The molecule has 1 aliphatic heterocycles. The maximum Gasteiger partial charge on any atom is 0.323 e. The van der Waals surface area contributed by atoms with E-state index in [0.717, 1.165) is 24.4 Å². The predicted molar refractivity (Wildman–Crippen MR) is 97.5 cm³/mol. The lowest BCUT2D eigenvalue weighted by Crippen LogP contribution is -2.39. The second-order valence-corrected chi connectivity index (χ2v) is 7.02. The van der Waals surface area contributed by atoms with Gasteiger partial charge in [-0.2, -0.15) is 0 Å². The molecule has 1 aromatic carbocycles. The summed E-state index contributed by atoms with van der Waals surface area (Å²) >= 11 is 0. The molecule has 1 aromatic rings. The lowest BCUT2D eigenvalue weighted by Gasteiger charge is -2.36. The molecule has 142 valence electrons. The Labute approximate surface area is 152 Å². The van der Waals surface area contributed by atoms with Crippen molar-refractivity contribution in [2.45, 2.75) is 27.2 Å². The normalized spacial score (nSPS) is 19.9. The molecule has 0 bridgehead atoms. The van der Waals surface area contributed by atoms with Gasteiger partial charge in [-0.1, -0.05) is 13.8 Å². The topological polar surface area (TPSA) is 104 Å². The first-order valence-corrected chi connectivity index (χ1v) is 8.77. The molecule has 0 spiro atoms. The molecule has 2 rings (SSSR count). The molecule has 1 fully saturated rings. The molecule has 0 aromatic heterocycles. The fourth-order valence-corrected chi connectivity index (χ4v) is 3.60. The monoisotopic (exact) mass is 363 g/mol. The van der Waals surface area contributed by atoms with Gasteiger partial charge in [0.1, 0.15) is 12.2 Å². The van der Waals surface area contributed by atoms with E-state index in [1.807, 2.05) is 4.90 Å². The number of rotatable bonds is 6. The lowest BCUT2D eigenvalue weighted by atomic mass is 9.91. The number of likely N-dealkylation sites (N-methyl/N-ethyl adjacent to an activating group) is 1. The molecule has 2 atom stereocenters. The number of nitrogens with zero attached hydrogens (tertiary/aromatic N) is 3. The number of amides is 1. The highest BCUT2D eigenvalue weighted by molar-refractivity contribution is 5.97. The fourth-order valence-electron chi connectivity index (χ4n) is 3.60. The van der Waals surface area contributed by atoms with Gasteiger partial charge >= 0.3 is 5.97 Å². The van der Waals surface area contributed by atoms with Gasteiger partial charge in [-0.15, -0.1) is 0 Å². The Balaban J connectivity index is 2.35. The number of anilines is 1. The van der Waals surface area contributed by atoms with Crippen LogP contribution in [0.4, 0.5) is 11.4 Å². The quantitative estimate of drug-likeness (QED) is 0.615. The predicted octanol–water partition coefficient (Wildman–Crippen LogP) is 2.62. The summed E-state index contributed by atoms with van der Waals surface area (Å²) in [6, 6.07) is 4.40. The van der Waals surface area contributed by atoms with E-state index in [4.69, 9.17) is 5.11 Å². The summed E-state index contributed by atoms with van der Waals surface area (Å²) in [5, 5.41) is 20.5. The molecule has 0 saturated carbocycles. The zero-order valence-electron chi connectivity index (χ0n) is 15.3. The van der Waals surface area contributed by atoms with E-state index >= 15 is 0 Å². The van der Waals surface area contributed by atoms with Crippen molar-refractivity contribution >= 4 is 23.3 Å². The number of hydrogen-bond donors (Lipinski definition) is 1. The van der Waals surface area contributed by atoms with Crippen molar-refractivity contribution in [1.82, 2.24) is 4.90 Å². The van der Waals surface area contributed by atoms with E-state index in [2.05, 4.69) is 13.8 Å². The highest BCUT2D eigenvalue weighted by atomic mass is 16.6.